The van der Waals surface area contributed by atoms with E-state index in [9.17, 15) is 14.0 Å². The molecule has 0 atom stereocenters. The SMILES string of the molecule is C#CC(CC)(CC)CC(=O)c1cccc(-c2cc3c(C(=O)NC)c(-c4ccc(F)cc4)oc3c3cc[nH]c23)c1. The van der Waals surface area contributed by atoms with Crippen molar-refractivity contribution in [1.82, 2.24) is 10.3 Å². The van der Waals surface area contributed by atoms with Crippen LogP contribution in [0.25, 0.3) is 44.3 Å². The molecule has 0 unspecified atom stereocenters. The lowest BCUT2D eigenvalue weighted by Crippen LogP contribution is -2.21. The number of H-pyrrole nitrogens is 1. The molecular weight excluding hydrogens is 491 g/mol. The van der Waals surface area contributed by atoms with E-state index in [1.807, 2.05) is 56.4 Å². The van der Waals surface area contributed by atoms with Crippen LogP contribution in [0, 0.1) is 23.6 Å². The second-order valence-corrected chi connectivity index (χ2v) is 9.77. The van der Waals surface area contributed by atoms with Gasteiger partial charge in [0.15, 0.2) is 5.78 Å². The van der Waals surface area contributed by atoms with Crippen LogP contribution in [-0.4, -0.2) is 23.7 Å². The predicted octanol–water partition coefficient (Wildman–Crippen LogP) is 7.76. The summed E-state index contributed by atoms with van der Waals surface area (Å²) in [6.45, 7) is 4.03. The molecule has 196 valence electrons. The summed E-state index contributed by atoms with van der Waals surface area (Å²) in [7, 11) is 1.56. The molecule has 0 bridgehead atoms. The average molecular weight is 521 g/mol. The maximum absolute atomic E-state index is 13.6. The Bertz CT molecular complexity index is 1750. The van der Waals surface area contributed by atoms with Gasteiger partial charge in [-0.05, 0) is 60.9 Å². The molecule has 5 aromatic rings. The summed E-state index contributed by atoms with van der Waals surface area (Å²) in [6.07, 6.45) is 9.36. The summed E-state index contributed by atoms with van der Waals surface area (Å²) in [5.74, 6) is 2.51. The zero-order valence-corrected chi connectivity index (χ0v) is 22.2. The molecule has 6 heteroatoms. The van der Waals surface area contributed by atoms with Gasteiger partial charge in [0.1, 0.15) is 17.2 Å². The topological polar surface area (TPSA) is 75.1 Å². The van der Waals surface area contributed by atoms with E-state index in [0.717, 1.165) is 34.9 Å². The molecule has 0 aliphatic carbocycles. The third-order valence-corrected chi connectivity index (χ3v) is 7.71. The van der Waals surface area contributed by atoms with E-state index < -0.39 is 5.41 Å². The molecule has 2 heterocycles. The fourth-order valence-corrected chi connectivity index (χ4v) is 5.19. The lowest BCUT2D eigenvalue weighted by molar-refractivity contribution is 0.0933. The molecule has 0 spiro atoms. The number of amides is 1. The van der Waals surface area contributed by atoms with Gasteiger partial charge in [-0.25, -0.2) is 4.39 Å². The van der Waals surface area contributed by atoms with Crippen molar-refractivity contribution in [3.63, 3.8) is 0 Å². The van der Waals surface area contributed by atoms with Gasteiger partial charge in [0.2, 0.25) is 0 Å². The maximum atomic E-state index is 13.6. The zero-order valence-electron chi connectivity index (χ0n) is 22.2. The molecule has 0 radical (unpaired) electrons. The number of Topliss-reactive ketones (excluding diaryl/α,β-unsaturated/α-hetero) is 1. The van der Waals surface area contributed by atoms with Gasteiger partial charge in [-0.2, -0.15) is 0 Å². The average Bonchev–Trinajstić information content (AvgIpc) is 3.61. The van der Waals surface area contributed by atoms with Gasteiger partial charge in [-0.3, -0.25) is 9.59 Å². The number of fused-ring (bicyclic) bond motifs is 3. The summed E-state index contributed by atoms with van der Waals surface area (Å²) in [6, 6.07) is 17.1. The number of hydrogen-bond acceptors (Lipinski definition) is 3. The Kier molecular flexibility index (Phi) is 6.84. The minimum atomic E-state index is -0.464. The molecule has 0 fully saturated rings. The molecule has 5 rings (SSSR count). The quantitative estimate of drug-likeness (QED) is 0.162. The van der Waals surface area contributed by atoms with Crippen LogP contribution in [0.15, 0.2) is 71.3 Å². The van der Waals surface area contributed by atoms with Crippen LogP contribution in [0.3, 0.4) is 0 Å². The third kappa shape index (κ3) is 4.51. The monoisotopic (exact) mass is 520 g/mol. The van der Waals surface area contributed by atoms with E-state index in [2.05, 4.69) is 16.2 Å². The first kappa shape index (κ1) is 26.0. The Hall–Kier alpha value is -4.63. The molecule has 0 aliphatic rings. The second kappa shape index (κ2) is 10.3. The number of aromatic amines is 1. The third-order valence-electron chi connectivity index (χ3n) is 7.71. The van der Waals surface area contributed by atoms with E-state index in [1.165, 1.54) is 12.1 Å². The van der Waals surface area contributed by atoms with E-state index >= 15 is 0 Å². The molecule has 3 aromatic carbocycles. The number of halogens is 1. The fraction of sp³-hybridized carbons (Fsp3) is 0.212. The van der Waals surface area contributed by atoms with Crippen LogP contribution in [0.1, 0.15) is 53.8 Å². The highest BCUT2D eigenvalue weighted by Crippen LogP contribution is 2.41. The Morgan fingerprint density at radius 3 is 2.44 bits per heavy atom. The number of nitrogens with one attached hydrogen (secondary N) is 2. The predicted molar refractivity (Wildman–Crippen MR) is 153 cm³/mol. The number of carbonyl (C=O) groups excluding carboxylic acids is 2. The molecule has 0 saturated carbocycles. The van der Waals surface area contributed by atoms with Gasteiger partial charge < -0.3 is 14.7 Å². The second-order valence-electron chi connectivity index (χ2n) is 9.77. The zero-order chi connectivity index (χ0) is 27.7. The minimum absolute atomic E-state index is 0.00438. The van der Waals surface area contributed by atoms with Crippen molar-refractivity contribution >= 4 is 33.6 Å². The van der Waals surface area contributed by atoms with Crippen LogP contribution in [-0.2, 0) is 0 Å². The minimum Gasteiger partial charge on any atom is -0.454 e. The highest BCUT2D eigenvalue weighted by atomic mass is 19.1. The summed E-state index contributed by atoms with van der Waals surface area (Å²) in [5, 5.41) is 4.12. The molecule has 5 nitrogen and oxygen atoms in total. The number of hydrogen-bond donors (Lipinski definition) is 2. The number of carbonyl (C=O) groups is 2. The van der Waals surface area contributed by atoms with Gasteiger partial charge in [0, 0.05) is 52.5 Å². The van der Waals surface area contributed by atoms with Crippen molar-refractivity contribution < 1.29 is 18.4 Å². The number of furan rings is 1. The molecule has 2 N–H and O–H groups in total. The number of aromatic nitrogens is 1. The van der Waals surface area contributed by atoms with E-state index in [1.54, 1.807) is 19.2 Å². The molecule has 0 aliphatic heterocycles. The van der Waals surface area contributed by atoms with Crippen LogP contribution in [0.5, 0.6) is 0 Å². The largest absolute Gasteiger partial charge is 0.454 e. The van der Waals surface area contributed by atoms with Gasteiger partial charge in [0.25, 0.3) is 5.91 Å². The van der Waals surface area contributed by atoms with Crippen molar-refractivity contribution in [2.75, 3.05) is 7.05 Å². The summed E-state index contributed by atoms with van der Waals surface area (Å²) < 4.78 is 19.9. The molecule has 0 saturated heterocycles. The molecular formula is C33H29FN2O3. The fourth-order valence-electron chi connectivity index (χ4n) is 5.19. The van der Waals surface area contributed by atoms with Crippen molar-refractivity contribution in [1.29, 1.82) is 0 Å². The Labute approximate surface area is 226 Å². The van der Waals surface area contributed by atoms with E-state index in [4.69, 9.17) is 10.8 Å². The smallest absolute Gasteiger partial charge is 0.255 e. The number of benzene rings is 3. The van der Waals surface area contributed by atoms with Crippen molar-refractivity contribution in [3.05, 3.63) is 83.8 Å². The normalized spacial score (nSPS) is 11.6. The standard InChI is InChI=1S/C33H29FN2O3/c1-5-33(6-2,7-3)19-27(37)22-10-8-9-21(17-22)25-18-26-28(32(38)35-4)30(20-11-13-23(34)14-12-20)39-31(26)24-15-16-36-29(24)25/h1,8-18,36H,6-7,19H2,2-4H3,(H,35,38). The van der Waals surface area contributed by atoms with Crippen LogP contribution in [0.4, 0.5) is 4.39 Å². The van der Waals surface area contributed by atoms with Crippen LogP contribution >= 0.6 is 0 Å². The first-order valence-electron chi connectivity index (χ1n) is 13.0. The summed E-state index contributed by atoms with van der Waals surface area (Å²) in [5.41, 5.74) is 4.08. The summed E-state index contributed by atoms with van der Waals surface area (Å²) >= 11 is 0. The molecule has 39 heavy (non-hydrogen) atoms. The maximum Gasteiger partial charge on any atom is 0.255 e. The summed E-state index contributed by atoms with van der Waals surface area (Å²) in [4.78, 5) is 29.7. The van der Waals surface area contributed by atoms with Crippen LogP contribution in [0.2, 0.25) is 0 Å². The lowest BCUT2D eigenvalue weighted by atomic mass is 9.77. The number of terminal acetylenes is 1. The van der Waals surface area contributed by atoms with E-state index in [0.29, 0.717) is 33.4 Å². The van der Waals surface area contributed by atoms with Crippen LogP contribution < -0.4 is 5.32 Å². The van der Waals surface area contributed by atoms with Gasteiger partial charge in [-0.1, -0.05) is 38.0 Å². The van der Waals surface area contributed by atoms with Crippen molar-refractivity contribution in [3.8, 4) is 34.8 Å². The molecule has 1 amide bonds. The number of ketones is 1. The van der Waals surface area contributed by atoms with Gasteiger partial charge in [-0.15, -0.1) is 6.42 Å². The van der Waals surface area contributed by atoms with E-state index in [-0.39, 0.29) is 23.9 Å². The first-order chi connectivity index (χ1) is 18.8. The Morgan fingerprint density at radius 1 is 1.03 bits per heavy atom. The Balaban J connectivity index is 1.69. The van der Waals surface area contributed by atoms with Gasteiger partial charge >= 0.3 is 0 Å². The van der Waals surface area contributed by atoms with Crippen molar-refractivity contribution in [2.45, 2.75) is 33.1 Å². The van der Waals surface area contributed by atoms with Gasteiger partial charge in [0.05, 0.1) is 11.1 Å². The lowest BCUT2D eigenvalue weighted by Gasteiger charge is -2.24. The Morgan fingerprint density at radius 2 is 1.77 bits per heavy atom. The number of rotatable bonds is 8. The van der Waals surface area contributed by atoms with Crippen molar-refractivity contribution in [2.24, 2.45) is 5.41 Å². The highest BCUT2D eigenvalue weighted by molar-refractivity contribution is 6.19. The first-order valence-corrected chi connectivity index (χ1v) is 13.0. The molecule has 2 aromatic heterocycles. The highest BCUT2D eigenvalue weighted by Gasteiger charge is 2.28.